The van der Waals surface area contributed by atoms with Crippen LogP contribution in [0.3, 0.4) is 0 Å². The monoisotopic (exact) mass is 603 g/mol. The van der Waals surface area contributed by atoms with E-state index in [9.17, 15) is 9.18 Å². The van der Waals surface area contributed by atoms with Gasteiger partial charge in [0.15, 0.2) is 5.17 Å². The first-order valence-electron chi connectivity index (χ1n) is 12.4. The molecular formula is C31H27BrFN3O2S. The quantitative estimate of drug-likeness (QED) is 0.227. The minimum absolute atomic E-state index is 0.156. The molecule has 5 nitrogen and oxygen atoms in total. The van der Waals surface area contributed by atoms with Gasteiger partial charge in [0.05, 0.1) is 10.6 Å². The number of hydrogen-bond acceptors (Lipinski definition) is 4. The fraction of sp³-hybridized carbons (Fsp3) is 0.161. The SMILES string of the molecule is Cc1cc(N=C2NC(=O)/C(=C/c3cc(C)n(-c4ccc(OCc5ccc(F)cc5)cc4)c3C)S2)cc(C)c1Br. The average Bonchev–Trinajstić information content (AvgIpc) is 3.39. The van der Waals surface area contributed by atoms with Crippen LogP contribution in [0.4, 0.5) is 10.1 Å². The minimum atomic E-state index is -0.262. The number of aryl methyl sites for hydroxylation is 3. The zero-order chi connectivity index (χ0) is 27.7. The number of aliphatic imine (C=N–C) groups is 1. The van der Waals surface area contributed by atoms with Crippen LogP contribution in [0.2, 0.25) is 0 Å². The standard InChI is InChI=1S/C31H27BrFN3O2S/c1-18-13-25(14-19(2)29(18)32)34-31-35-30(37)28(39-31)16-23-15-20(3)36(21(23)4)26-9-11-27(12-10-26)38-17-22-5-7-24(33)8-6-22/h5-16H,17H2,1-4H3,(H,34,35,37)/b28-16-. The lowest BCUT2D eigenvalue weighted by Crippen LogP contribution is -2.19. The molecule has 1 aromatic heterocycles. The van der Waals surface area contributed by atoms with Gasteiger partial charge in [0.25, 0.3) is 5.91 Å². The number of carbonyl (C=O) groups excluding carboxylic acids is 1. The van der Waals surface area contributed by atoms with Gasteiger partial charge in [-0.1, -0.05) is 28.1 Å². The lowest BCUT2D eigenvalue weighted by atomic mass is 10.1. The van der Waals surface area contributed by atoms with Crippen molar-refractivity contribution in [1.82, 2.24) is 9.88 Å². The molecule has 39 heavy (non-hydrogen) atoms. The highest BCUT2D eigenvalue weighted by Gasteiger charge is 2.25. The maximum absolute atomic E-state index is 13.1. The van der Waals surface area contributed by atoms with Gasteiger partial charge < -0.3 is 14.6 Å². The summed E-state index contributed by atoms with van der Waals surface area (Å²) in [5, 5.41) is 3.45. The van der Waals surface area contributed by atoms with Gasteiger partial charge in [-0.2, -0.15) is 0 Å². The molecule has 5 rings (SSSR count). The Labute approximate surface area is 239 Å². The molecule has 1 N–H and O–H groups in total. The molecule has 0 bridgehead atoms. The highest BCUT2D eigenvalue weighted by atomic mass is 79.9. The molecule has 1 aliphatic heterocycles. The molecule has 2 heterocycles. The van der Waals surface area contributed by atoms with Gasteiger partial charge in [-0.25, -0.2) is 9.38 Å². The van der Waals surface area contributed by atoms with Crippen LogP contribution in [0.25, 0.3) is 11.8 Å². The molecule has 0 unspecified atom stereocenters. The van der Waals surface area contributed by atoms with E-state index >= 15 is 0 Å². The fourth-order valence-corrected chi connectivity index (χ4v) is 5.56. The lowest BCUT2D eigenvalue weighted by Gasteiger charge is -2.11. The first-order valence-corrected chi connectivity index (χ1v) is 14.0. The molecule has 0 saturated carbocycles. The largest absolute Gasteiger partial charge is 0.489 e. The van der Waals surface area contributed by atoms with E-state index in [2.05, 4.69) is 36.9 Å². The Morgan fingerprint density at radius 3 is 2.33 bits per heavy atom. The van der Waals surface area contributed by atoms with Crippen LogP contribution in [0.15, 0.2) is 81.1 Å². The minimum Gasteiger partial charge on any atom is -0.489 e. The van der Waals surface area contributed by atoms with Crippen LogP contribution in [-0.4, -0.2) is 15.6 Å². The van der Waals surface area contributed by atoms with Crippen LogP contribution in [-0.2, 0) is 11.4 Å². The Morgan fingerprint density at radius 1 is 1.00 bits per heavy atom. The number of rotatable bonds is 6. The summed E-state index contributed by atoms with van der Waals surface area (Å²) < 4.78 is 22.2. The average molecular weight is 605 g/mol. The zero-order valence-electron chi connectivity index (χ0n) is 22.0. The van der Waals surface area contributed by atoms with E-state index in [1.165, 1.54) is 23.9 Å². The van der Waals surface area contributed by atoms with E-state index in [0.717, 1.165) is 55.2 Å². The second kappa shape index (κ2) is 11.2. The maximum Gasteiger partial charge on any atom is 0.264 e. The number of amides is 1. The third kappa shape index (κ3) is 6.02. The summed E-state index contributed by atoms with van der Waals surface area (Å²) in [7, 11) is 0. The second-order valence-electron chi connectivity index (χ2n) is 9.45. The number of nitrogens with one attached hydrogen (secondary N) is 1. The maximum atomic E-state index is 13.1. The smallest absolute Gasteiger partial charge is 0.264 e. The number of halogens is 2. The molecule has 0 atom stereocenters. The van der Waals surface area contributed by atoms with Crippen molar-refractivity contribution in [1.29, 1.82) is 0 Å². The normalized spacial score (nSPS) is 15.3. The number of hydrogen-bond donors (Lipinski definition) is 1. The van der Waals surface area contributed by atoms with Gasteiger partial charge in [-0.15, -0.1) is 0 Å². The summed E-state index contributed by atoms with van der Waals surface area (Å²) in [4.78, 5) is 18.0. The molecule has 1 amide bonds. The van der Waals surface area contributed by atoms with E-state index in [-0.39, 0.29) is 11.7 Å². The third-order valence-electron chi connectivity index (χ3n) is 6.47. The topological polar surface area (TPSA) is 55.6 Å². The number of carbonyl (C=O) groups is 1. The Bertz CT molecular complexity index is 1600. The van der Waals surface area contributed by atoms with Crippen molar-refractivity contribution >= 4 is 50.5 Å². The first kappa shape index (κ1) is 27.0. The fourth-order valence-electron chi connectivity index (χ4n) is 4.50. The highest BCUT2D eigenvalue weighted by molar-refractivity contribution is 9.10. The van der Waals surface area contributed by atoms with E-state index in [4.69, 9.17) is 4.74 Å². The van der Waals surface area contributed by atoms with E-state index < -0.39 is 0 Å². The van der Waals surface area contributed by atoms with Crippen molar-refractivity contribution in [2.45, 2.75) is 34.3 Å². The first-order chi connectivity index (χ1) is 18.7. The number of thioether (sulfide) groups is 1. The number of aromatic nitrogens is 1. The molecule has 198 valence electrons. The van der Waals surface area contributed by atoms with E-state index in [1.807, 2.05) is 70.2 Å². The van der Waals surface area contributed by atoms with Crippen molar-refractivity contribution in [3.8, 4) is 11.4 Å². The van der Waals surface area contributed by atoms with Crippen LogP contribution in [0, 0.1) is 33.5 Å². The summed E-state index contributed by atoms with van der Waals surface area (Å²) in [6.45, 7) is 8.50. The van der Waals surface area contributed by atoms with Crippen molar-refractivity contribution in [2.24, 2.45) is 4.99 Å². The Kier molecular flexibility index (Phi) is 7.77. The highest BCUT2D eigenvalue weighted by Crippen LogP contribution is 2.32. The van der Waals surface area contributed by atoms with E-state index in [1.54, 1.807) is 12.1 Å². The summed E-state index contributed by atoms with van der Waals surface area (Å²) in [5.74, 6) is 0.314. The number of amidine groups is 1. The second-order valence-corrected chi connectivity index (χ2v) is 11.3. The summed E-state index contributed by atoms with van der Waals surface area (Å²) in [6, 6.07) is 20.2. The van der Waals surface area contributed by atoms with Gasteiger partial charge in [-0.3, -0.25) is 4.79 Å². The van der Waals surface area contributed by atoms with Crippen molar-refractivity contribution in [3.63, 3.8) is 0 Å². The predicted octanol–water partition coefficient (Wildman–Crippen LogP) is 8.08. The van der Waals surface area contributed by atoms with Gasteiger partial charge in [-0.05, 0) is 122 Å². The molecule has 1 fully saturated rings. The van der Waals surface area contributed by atoms with Crippen LogP contribution >= 0.6 is 27.7 Å². The molecule has 0 aliphatic carbocycles. The summed E-state index contributed by atoms with van der Waals surface area (Å²) >= 11 is 4.93. The molecule has 0 radical (unpaired) electrons. The molecule has 4 aromatic rings. The Balaban J connectivity index is 1.32. The molecule has 1 saturated heterocycles. The summed E-state index contributed by atoms with van der Waals surface area (Å²) in [6.07, 6.45) is 1.92. The molecule has 0 spiro atoms. The summed E-state index contributed by atoms with van der Waals surface area (Å²) in [5.41, 5.74) is 7.95. The number of benzene rings is 3. The van der Waals surface area contributed by atoms with Crippen molar-refractivity contribution < 1.29 is 13.9 Å². The third-order valence-corrected chi connectivity index (χ3v) is 8.63. The Hall–Kier alpha value is -3.62. The molecule has 3 aromatic carbocycles. The Morgan fingerprint density at radius 2 is 1.67 bits per heavy atom. The van der Waals surface area contributed by atoms with Crippen LogP contribution in [0.5, 0.6) is 5.75 Å². The van der Waals surface area contributed by atoms with Crippen LogP contribution in [0.1, 0.15) is 33.6 Å². The number of ether oxygens (including phenoxy) is 1. The van der Waals surface area contributed by atoms with Gasteiger partial charge in [0.2, 0.25) is 0 Å². The van der Waals surface area contributed by atoms with Gasteiger partial charge >= 0.3 is 0 Å². The van der Waals surface area contributed by atoms with Crippen molar-refractivity contribution in [2.75, 3.05) is 0 Å². The van der Waals surface area contributed by atoms with Crippen molar-refractivity contribution in [3.05, 3.63) is 116 Å². The zero-order valence-corrected chi connectivity index (χ0v) is 24.4. The lowest BCUT2D eigenvalue weighted by molar-refractivity contribution is -0.115. The number of nitrogens with zero attached hydrogens (tertiary/aromatic N) is 2. The van der Waals surface area contributed by atoms with Gasteiger partial charge in [0, 0.05) is 21.5 Å². The molecule has 8 heteroatoms. The van der Waals surface area contributed by atoms with E-state index in [0.29, 0.717) is 16.7 Å². The molecule has 1 aliphatic rings. The van der Waals surface area contributed by atoms with Gasteiger partial charge in [0.1, 0.15) is 18.2 Å². The van der Waals surface area contributed by atoms with Crippen LogP contribution < -0.4 is 10.1 Å². The molecular weight excluding hydrogens is 577 g/mol. The predicted molar refractivity (Wildman–Crippen MR) is 160 cm³/mol.